The summed E-state index contributed by atoms with van der Waals surface area (Å²) in [6.45, 7) is 4.11. The lowest BCUT2D eigenvalue weighted by atomic mass is 10.2. The van der Waals surface area contributed by atoms with E-state index in [0.29, 0.717) is 32.6 Å². The van der Waals surface area contributed by atoms with Gasteiger partial charge in [0.15, 0.2) is 0 Å². The summed E-state index contributed by atoms with van der Waals surface area (Å²) in [7, 11) is 0. The quantitative estimate of drug-likeness (QED) is 0.271. The Labute approximate surface area is 106 Å². The molecule has 0 saturated carbocycles. The van der Waals surface area contributed by atoms with E-state index in [2.05, 4.69) is 0 Å². The Bertz CT molecular complexity index is 332. The van der Waals surface area contributed by atoms with E-state index in [1.54, 1.807) is 4.90 Å². The van der Waals surface area contributed by atoms with Gasteiger partial charge in [-0.15, -0.1) is 0 Å². The van der Waals surface area contributed by atoms with Gasteiger partial charge in [0, 0.05) is 32.6 Å². The van der Waals surface area contributed by atoms with Gasteiger partial charge >= 0.3 is 11.8 Å². The Hall–Kier alpha value is -1.63. The number of carbonyl (C=O) groups excluding carboxylic acids is 3. The number of hydrazine groups is 1. The van der Waals surface area contributed by atoms with Gasteiger partial charge in [0.05, 0.1) is 0 Å². The maximum Gasteiger partial charge on any atom is 0.312 e. The summed E-state index contributed by atoms with van der Waals surface area (Å²) >= 11 is 0. The van der Waals surface area contributed by atoms with Crippen molar-refractivity contribution in [3.8, 4) is 0 Å². The number of nitrogens with two attached hydrogens (primary N) is 1. The summed E-state index contributed by atoms with van der Waals surface area (Å²) in [6, 6.07) is 0. The SMILES string of the molecule is CCCN1CCN(CCCC(=O)NN)C(=O)C1=O. The fourth-order valence-electron chi connectivity index (χ4n) is 1.91. The lowest BCUT2D eigenvalue weighted by molar-refractivity contribution is -0.156. The van der Waals surface area contributed by atoms with Gasteiger partial charge in [0.25, 0.3) is 0 Å². The van der Waals surface area contributed by atoms with Crippen molar-refractivity contribution >= 4 is 17.7 Å². The van der Waals surface area contributed by atoms with Crippen LogP contribution >= 0.6 is 0 Å². The number of piperazine rings is 1. The van der Waals surface area contributed by atoms with Gasteiger partial charge < -0.3 is 9.80 Å². The molecule has 0 aromatic carbocycles. The third-order valence-electron chi connectivity index (χ3n) is 2.88. The first-order valence-electron chi connectivity index (χ1n) is 6.17. The third kappa shape index (κ3) is 3.69. The van der Waals surface area contributed by atoms with Crippen molar-refractivity contribution in [2.75, 3.05) is 26.2 Å². The van der Waals surface area contributed by atoms with Gasteiger partial charge in [-0.3, -0.25) is 19.8 Å². The molecule has 0 atom stereocenters. The molecule has 1 rings (SSSR count). The molecule has 18 heavy (non-hydrogen) atoms. The summed E-state index contributed by atoms with van der Waals surface area (Å²) in [5.74, 6) is 3.78. The molecule has 1 fully saturated rings. The molecular formula is C11H20N4O3. The van der Waals surface area contributed by atoms with E-state index in [4.69, 9.17) is 5.84 Å². The largest absolute Gasteiger partial charge is 0.333 e. The first kappa shape index (κ1) is 14.4. The lowest BCUT2D eigenvalue weighted by Crippen LogP contribution is -2.54. The van der Waals surface area contributed by atoms with Crippen LogP contribution in [0.15, 0.2) is 0 Å². The second-order valence-electron chi connectivity index (χ2n) is 4.26. The smallest absolute Gasteiger partial charge is 0.312 e. The van der Waals surface area contributed by atoms with Crippen LogP contribution in [0.3, 0.4) is 0 Å². The number of rotatable bonds is 6. The van der Waals surface area contributed by atoms with Crippen molar-refractivity contribution in [2.24, 2.45) is 5.84 Å². The first-order valence-corrected chi connectivity index (χ1v) is 6.17. The summed E-state index contributed by atoms with van der Waals surface area (Å²) < 4.78 is 0. The molecule has 3 amide bonds. The molecule has 7 heteroatoms. The van der Waals surface area contributed by atoms with Gasteiger partial charge in [-0.25, -0.2) is 5.84 Å². The maximum atomic E-state index is 11.8. The number of amides is 3. The van der Waals surface area contributed by atoms with E-state index in [1.807, 2.05) is 12.3 Å². The summed E-state index contributed by atoms with van der Waals surface area (Å²) in [5, 5.41) is 0. The van der Waals surface area contributed by atoms with Crippen LogP contribution in [0.2, 0.25) is 0 Å². The average molecular weight is 256 g/mol. The summed E-state index contributed by atoms with van der Waals surface area (Å²) in [4.78, 5) is 37.5. The second kappa shape index (κ2) is 6.95. The fraction of sp³-hybridized carbons (Fsp3) is 0.727. The molecular weight excluding hydrogens is 236 g/mol. The van der Waals surface area contributed by atoms with Crippen LogP contribution < -0.4 is 11.3 Å². The van der Waals surface area contributed by atoms with E-state index in [0.717, 1.165) is 6.42 Å². The van der Waals surface area contributed by atoms with Crippen LogP contribution in [0.1, 0.15) is 26.2 Å². The molecule has 1 aliphatic rings. The van der Waals surface area contributed by atoms with Crippen LogP contribution in [0.25, 0.3) is 0 Å². The maximum absolute atomic E-state index is 11.8. The van der Waals surface area contributed by atoms with Crippen LogP contribution in [0.5, 0.6) is 0 Å². The number of hydrogen-bond acceptors (Lipinski definition) is 4. The number of nitrogens with zero attached hydrogens (tertiary/aromatic N) is 2. The minimum atomic E-state index is -0.470. The zero-order valence-electron chi connectivity index (χ0n) is 10.6. The molecule has 7 nitrogen and oxygen atoms in total. The molecule has 1 aliphatic heterocycles. The monoisotopic (exact) mass is 256 g/mol. The van der Waals surface area contributed by atoms with E-state index < -0.39 is 11.8 Å². The Morgan fingerprint density at radius 1 is 1.22 bits per heavy atom. The molecule has 1 heterocycles. The summed E-state index contributed by atoms with van der Waals surface area (Å²) in [6.07, 6.45) is 1.61. The van der Waals surface area contributed by atoms with Crippen molar-refractivity contribution in [2.45, 2.75) is 26.2 Å². The molecule has 0 spiro atoms. The molecule has 0 aromatic heterocycles. The first-order chi connectivity index (χ1) is 8.60. The van der Waals surface area contributed by atoms with Crippen LogP contribution in [0, 0.1) is 0 Å². The normalized spacial score (nSPS) is 16.1. The number of carbonyl (C=O) groups is 3. The predicted molar refractivity (Wildman–Crippen MR) is 65.0 cm³/mol. The highest BCUT2D eigenvalue weighted by Gasteiger charge is 2.31. The van der Waals surface area contributed by atoms with Crippen LogP contribution in [-0.4, -0.2) is 53.7 Å². The molecule has 0 radical (unpaired) electrons. The Kier molecular flexibility index (Phi) is 5.57. The zero-order valence-corrected chi connectivity index (χ0v) is 10.6. The molecule has 102 valence electrons. The Morgan fingerprint density at radius 2 is 1.78 bits per heavy atom. The minimum Gasteiger partial charge on any atom is -0.333 e. The Morgan fingerprint density at radius 3 is 2.28 bits per heavy atom. The highest BCUT2D eigenvalue weighted by Crippen LogP contribution is 2.07. The third-order valence-corrected chi connectivity index (χ3v) is 2.88. The second-order valence-corrected chi connectivity index (χ2v) is 4.26. The number of nitrogens with one attached hydrogen (secondary N) is 1. The highest BCUT2D eigenvalue weighted by molar-refractivity contribution is 6.35. The standard InChI is InChI=1S/C11H20N4O3/c1-2-5-14-7-8-15(11(18)10(14)17)6-3-4-9(16)13-12/h2-8,12H2,1H3,(H,13,16). The molecule has 1 saturated heterocycles. The predicted octanol–water partition coefficient (Wildman–Crippen LogP) is -1.16. The fourth-order valence-corrected chi connectivity index (χ4v) is 1.91. The molecule has 0 bridgehead atoms. The number of hydrogen-bond donors (Lipinski definition) is 2. The zero-order chi connectivity index (χ0) is 13.5. The molecule has 3 N–H and O–H groups in total. The molecule has 0 aromatic rings. The van der Waals surface area contributed by atoms with Crippen molar-refractivity contribution in [1.29, 1.82) is 0 Å². The van der Waals surface area contributed by atoms with Gasteiger partial charge in [-0.2, -0.15) is 0 Å². The van der Waals surface area contributed by atoms with Gasteiger partial charge in [0.2, 0.25) is 5.91 Å². The van der Waals surface area contributed by atoms with Gasteiger partial charge in [-0.1, -0.05) is 6.92 Å². The van der Waals surface area contributed by atoms with E-state index in [9.17, 15) is 14.4 Å². The Balaban J connectivity index is 2.39. The van der Waals surface area contributed by atoms with E-state index in [1.165, 1.54) is 4.90 Å². The van der Waals surface area contributed by atoms with Crippen molar-refractivity contribution in [3.05, 3.63) is 0 Å². The van der Waals surface area contributed by atoms with E-state index >= 15 is 0 Å². The van der Waals surface area contributed by atoms with Gasteiger partial charge in [-0.05, 0) is 12.8 Å². The topological polar surface area (TPSA) is 95.7 Å². The summed E-state index contributed by atoms with van der Waals surface area (Å²) in [5.41, 5.74) is 2.03. The van der Waals surface area contributed by atoms with Crippen molar-refractivity contribution in [1.82, 2.24) is 15.2 Å². The van der Waals surface area contributed by atoms with Crippen molar-refractivity contribution in [3.63, 3.8) is 0 Å². The van der Waals surface area contributed by atoms with Crippen LogP contribution in [0.4, 0.5) is 0 Å². The highest BCUT2D eigenvalue weighted by atomic mass is 16.2. The molecule has 0 aliphatic carbocycles. The minimum absolute atomic E-state index is 0.257. The van der Waals surface area contributed by atoms with Crippen LogP contribution in [-0.2, 0) is 14.4 Å². The average Bonchev–Trinajstić information content (AvgIpc) is 2.37. The lowest BCUT2D eigenvalue weighted by Gasteiger charge is -2.33. The molecule has 0 unspecified atom stereocenters. The van der Waals surface area contributed by atoms with Crippen molar-refractivity contribution < 1.29 is 14.4 Å². The van der Waals surface area contributed by atoms with E-state index in [-0.39, 0.29) is 12.3 Å². The van der Waals surface area contributed by atoms with Gasteiger partial charge in [0.1, 0.15) is 0 Å².